The van der Waals surface area contributed by atoms with Crippen LogP contribution < -0.4 is 4.90 Å². The molecule has 0 aliphatic carbocycles. The highest BCUT2D eigenvalue weighted by molar-refractivity contribution is 6.01. The number of rotatable bonds is 5. The maximum atomic E-state index is 13.3. The van der Waals surface area contributed by atoms with Crippen molar-refractivity contribution in [1.82, 2.24) is 4.90 Å². The van der Waals surface area contributed by atoms with Gasteiger partial charge in [-0.3, -0.25) is 9.59 Å². The second-order valence-electron chi connectivity index (χ2n) is 8.06. The van der Waals surface area contributed by atoms with Crippen LogP contribution in [0.1, 0.15) is 20.9 Å². The van der Waals surface area contributed by atoms with Crippen LogP contribution in [0.25, 0.3) is 22.5 Å². The Labute approximate surface area is 192 Å². The molecular weight excluding hydrogens is 412 g/mol. The zero-order valence-electron chi connectivity index (χ0n) is 18.2. The number of piperazine rings is 1. The Bertz CT molecular complexity index is 1250. The lowest BCUT2D eigenvalue weighted by Gasteiger charge is -2.36. The van der Waals surface area contributed by atoms with Crippen molar-refractivity contribution in [2.45, 2.75) is 0 Å². The summed E-state index contributed by atoms with van der Waals surface area (Å²) in [7, 11) is 0. The van der Waals surface area contributed by atoms with E-state index in [2.05, 4.69) is 17.0 Å². The number of hydrogen-bond donors (Lipinski definition) is 0. The van der Waals surface area contributed by atoms with Gasteiger partial charge in [-0.15, -0.1) is 0 Å². The fourth-order valence-corrected chi connectivity index (χ4v) is 4.28. The predicted octanol–water partition coefficient (Wildman–Crippen LogP) is 5.39. The maximum absolute atomic E-state index is 13.3. The number of aldehydes is 1. The zero-order chi connectivity index (χ0) is 22.6. The number of furan rings is 1. The van der Waals surface area contributed by atoms with Crippen molar-refractivity contribution in [2.75, 3.05) is 31.1 Å². The minimum Gasteiger partial charge on any atom is -0.453 e. The molecule has 0 radical (unpaired) electrons. The van der Waals surface area contributed by atoms with E-state index in [4.69, 9.17) is 4.42 Å². The number of nitrogens with zero attached hydrogens (tertiary/aromatic N) is 2. The first-order chi connectivity index (χ1) is 16.2. The van der Waals surface area contributed by atoms with Crippen LogP contribution >= 0.6 is 0 Å². The van der Waals surface area contributed by atoms with E-state index in [1.165, 1.54) is 0 Å². The normalized spacial score (nSPS) is 13.7. The van der Waals surface area contributed by atoms with Crippen LogP contribution in [-0.2, 0) is 0 Å². The Morgan fingerprint density at radius 2 is 1.42 bits per heavy atom. The molecule has 1 fully saturated rings. The summed E-state index contributed by atoms with van der Waals surface area (Å²) < 4.78 is 5.50. The highest BCUT2D eigenvalue weighted by atomic mass is 16.3. The molecule has 2 heterocycles. The van der Waals surface area contributed by atoms with Crippen molar-refractivity contribution in [3.05, 3.63) is 102 Å². The molecule has 0 bridgehead atoms. The fraction of sp³-hybridized carbons (Fsp3) is 0.143. The summed E-state index contributed by atoms with van der Waals surface area (Å²) >= 11 is 0. The molecule has 1 saturated heterocycles. The van der Waals surface area contributed by atoms with Crippen molar-refractivity contribution in [1.29, 1.82) is 0 Å². The van der Waals surface area contributed by atoms with Gasteiger partial charge in [-0.1, -0.05) is 48.5 Å². The monoisotopic (exact) mass is 436 g/mol. The molecule has 5 nitrogen and oxygen atoms in total. The third kappa shape index (κ3) is 4.30. The number of anilines is 1. The highest BCUT2D eigenvalue weighted by Gasteiger charge is 2.24. The van der Waals surface area contributed by atoms with E-state index in [0.29, 0.717) is 30.9 Å². The lowest BCUT2D eigenvalue weighted by molar-refractivity contribution is 0.0747. The Hall–Kier alpha value is -4.12. The maximum Gasteiger partial charge on any atom is 0.254 e. The molecule has 0 saturated carbocycles. The molecular formula is C28H24N2O3. The highest BCUT2D eigenvalue weighted by Crippen LogP contribution is 2.27. The average molecular weight is 437 g/mol. The number of benzene rings is 3. The topological polar surface area (TPSA) is 53.8 Å². The summed E-state index contributed by atoms with van der Waals surface area (Å²) in [5, 5.41) is 0. The van der Waals surface area contributed by atoms with E-state index in [-0.39, 0.29) is 5.91 Å². The summed E-state index contributed by atoms with van der Waals surface area (Å²) in [5.41, 5.74) is 4.80. The summed E-state index contributed by atoms with van der Waals surface area (Å²) in [4.78, 5) is 28.4. The summed E-state index contributed by atoms with van der Waals surface area (Å²) in [6, 6.07) is 29.5. The van der Waals surface area contributed by atoms with Gasteiger partial charge in [0.1, 0.15) is 5.76 Å². The van der Waals surface area contributed by atoms with Gasteiger partial charge in [0.25, 0.3) is 5.91 Å². The molecule has 3 aromatic carbocycles. The number of carbonyl (C=O) groups is 2. The van der Waals surface area contributed by atoms with E-state index in [1.807, 2.05) is 71.6 Å². The summed E-state index contributed by atoms with van der Waals surface area (Å²) in [6.07, 6.45) is 0.705. The zero-order valence-corrected chi connectivity index (χ0v) is 18.2. The molecule has 33 heavy (non-hydrogen) atoms. The predicted molar refractivity (Wildman–Crippen MR) is 130 cm³/mol. The quantitative estimate of drug-likeness (QED) is 0.394. The number of carbonyl (C=O) groups excluding carboxylic acids is 2. The van der Waals surface area contributed by atoms with Crippen LogP contribution in [0.3, 0.4) is 0 Å². The molecule has 0 N–H and O–H groups in total. The smallest absolute Gasteiger partial charge is 0.254 e. The second kappa shape index (κ2) is 9.17. The van der Waals surface area contributed by atoms with Crippen LogP contribution in [0.15, 0.2) is 95.4 Å². The van der Waals surface area contributed by atoms with Gasteiger partial charge in [0.05, 0.1) is 0 Å². The first-order valence-corrected chi connectivity index (χ1v) is 11.1. The molecule has 1 aliphatic rings. The fourth-order valence-electron chi connectivity index (χ4n) is 4.28. The van der Waals surface area contributed by atoms with Crippen LogP contribution in [0, 0.1) is 0 Å². The van der Waals surface area contributed by atoms with Gasteiger partial charge >= 0.3 is 0 Å². The Kier molecular flexibility index (Phi) is 5.77. The van der Waals surface area contributed by atoms with E-state index in [9.17, 15) is 9.59 Å². The number of hydrogen-bond acceptors (Lipinski definition) is 4. The van der Waals surface area contributed by atoms with Crippen LogP contribution in [0.2, 0.25) is 0 Å². The molecule has 0 atom stereocenters. The lowest BCUT2D eigenvalue weighted by atomic mass is 9.98. The molecule has 164 valence electrons. The first kappa shape index (κ1) is 20.8. The lowest BCUT2D eigenvalue weighted by Crippen LogP contribution is -2.48. The van der Waals surface area contributed by atoms with Gasteiger partial charge < -0.3 is 14.2 Å². The van der Waals surface area contributed by atoms with Gasteiger partial charge in [0, 0.05) is 43.0 Å². The standard InChI is InChI=1S/C28H24N2O3/c31-20-24-14-15-27(33-24)22-10-12-23(13-11-22)29-16-18-30(19-17-29)28(32)26-9-5-4-8-25(26)21-6-2-1-3-7-21/h1-15,20H,16-19H2. The first-order valence-electron chi connectivity index (χ1n) is 11.1. The van der Waals surface area contributed by atoms with E-state index in [0.717, 1.165) is 41.0 Å². The minimum absolute atomic E-state index is 0.0771. The molecule has 5 rings (SSSR count). The van der Waals surface area contributed by atoms with Gasteiger partial charge in [-0.05, 0) is 53.6 Å². The van der Waals surface area contributed by atoms with Crippen molar-refractivity contribution < 1.29 is 14.0 Å². The Morgan fingerprint density at radius 3 is 2.12 bits per heavy atom. The molecule has 5 heteroatoms. The SMILES string of the molecule is O=Cc1ccc(-c2ccc(N3CCN(C(=O)c4ccccc4-c4ccccc4)CC3)cc2)o1. The van der Waals surface area contributed by atoms with Crippen molar-refractivity contribution in [3.63, 3.8) is 0 Å². The Balaban J connectivity index is 1.26. The largest absolute Gasteiger partial charge is 0.453 e. The molecule has 0 spiro atoms. The van der Waals surface area contributed by atoms with Gasteiger partial charge in [0.2, 0.25) is 0 Å². The van der Waals surface area contributed by atoms with Crippen LogP contribution in [0.4, 0.5) is 5.69 Å². The molecule has 1 amide bonds. The third-order valence-corrected chi connectivity index (χ3v) is 6.07. The minimum atomic E-state index is 0.0771. The van der Waals surface area contributed by atoms with Crippen molar-refractivity contribution in [3.8, 4) is 22.5 Å². The van der Waals surface area contributed by atoms with Crippen molar-refractivity contribution >= 4 is 17.9 Å². The molecule has 4 aromatic rings. The van der Waals surface area contributed by atoms with E-state index in [1.54, 1.807) is 12.1 Å². The van der Waals surface area contributed by atoms with E-state index >= 15 is 0 Å². The van der Waals surface area contributed by atoms with Gasteiger partial charge in [-0.2, -0.15) is 0 Å². The molecule has 1 aliphatic heterocycles. The van der Waals surface area contributed by atoms with Gasteiger partial charge in [-0.25, -0.2) is 0 Å². The van der Waals surface area contributed by atoms with Crippen molar-refractivity contribution in [2.24, 2.45) is 0 Å². The van der Waals surface area contributed by atoms with Crippen LogP contribution in [-0.4, -0.2) is 43.3 Å². The molecule has 1 aromatic heterocycles. The van der Waals surface area contributed by atoms with Crippen LogP contribution in [0.5, 0.6) is 0 Å². The van der Waals surface area contributed by atoms with E-state index < -0.39 is 0 Å². The summed E-state index contributed by atoms with van der Waals surface area (Å²) in [5.74, 6) is 1.08. The third-order valence-electron chi connectivity index (χ3n) is 6.07. The molecule has 0 unspecified atom stereocenters. The average Bonchev–Trinajstić information content (AvgIpc) is 3.38. The Morgan fingerprint density at radius 1 is 0.727 bits per heavy atom. The second-order valence-corrected chi connectivity index (χ2v) is 8.06. The number of amides is 1. The summed E-state index contributed by atoms with van der Waals surface area (Å²) in [6.45, 7) is 2.89. The van der Waals surface area contributed by atoms with Gasteiger partial charge in [0.15, 0.2) is 12.0 Å².